The number of thiophene rings is 1. The number of carbonyl (C=O) groups excluding carboxylic acids is 1. The van der Waals surface area contributed by atoms with Gasteiger partial charge in [-0.05, 0) is 60.8 Å². The van der Waals surface area contributed by atoms with Crippen molar-refractivity contribution in [3.05, 3.63) is 45.3 Å². The number of nitrogens with zero attached hydrogens (tertiary/aromatic N) is 1. The monoisotopic (exact) mass is 412 g/mol. The standard InChI is InChI=1S/C23H28N2OS2/c1-15-10-11-16(23(2,3)4)12-20(15)27-14-21(26)25-22-18(13-24)17-8-6-5-7-9-19(17)28-22/h10-12H,5-9,14H2,1-4H3,(H,25,26). The first-order valence-corrected chi connectivity index (χ1v) is 11.7. The summed E-state index contributed by atoms with van der Waals surface area (Å²) in [5.41, 5.74) is 4.40. The lowest BCUT2D eigenvalue weighted by Gasteiger charge is -2.20. The lowest BCUT2D eigenvalue weighted by atomic mass is 9.87. The van der Waals surface area contributed by atoms with Crippen molar-refractivity contribution in [2.24, 2.45) is 0 Å². The largest absolute Gasteiger partial charge is 0.316 e. The van der Waals surface area contributed by atoms with Crippen molar-refractivity contribution in [2.75, 3.05) is 11.1 Å². The summed E-state index contributed by atoms with van der Waals surface area (Å²) in [6.45, 7) is 8.67. The maximum Gasteiger partial charge on any atom is 0.235 e. The smallest absolute Gasteiger partial charge is 0.235 e. The van der Waals surface area contributed by atoms with E-state index in [2.05, 4.69) is 57.3 Å². The van der Waals surface area contributed by atoms with Crippen LogP contribution in [0.25, 0.3) is 0 Å². The zero-order valence-electron chi connectivity index (χ0n) is 17.1. The van der Waals surface area contributed by atoms with Crippen LogP contribution in [0.2, 0.25) is 0 Å². The molecule has 1 aromatic heterocycles. The first-order valence-electron chi connectivity index (χ1n) is 9.88. The molecule has 1 aliphatic rings. The van der Waals surface area contributed by atoms with Crippen molar-refractivity contribution >= 4 is 34.0 Å². The zero-order chi connectivity index (χ0) is 20.3. The van der Waals surface area contributed by atoms with Crippen LogP contribution in [0.5, 0.6) is 0 Å². The van der Waals surface area contributed by atoms with Gasteiger partial charge in [-0.25, -0.2) is 0 Å². The maximum atomic E-state index is 12.6. The average molecular weight is 413 g/mol. The lowest BCUT2D eigenvalue weighted by Crippen LogP contribution is -2.14. The van der Waals surface area contributed by atoms with Crippen LogP contribution in [0.3, 0.4) is 0 Å². The minimum Gasteiger partial charge on any atom is -0.316 e. The number of anilines is 1. The summed E-state index contributed by atoms with van der Waals surface area (Å²) in [6, 6.07) is 8.82. The van der Waals surface area contributed by atoms with Gasteiger partial charge in [0.1, 0.15) is 11.1 Å². The molecule has 0 atom stereocenters. The van der Waals surface area contributed by atoms with E-state index in [1.165, 1.54) is 34.4 Å². The fourth-order valence-electron chi connectivity index (χ4n) is 3.48. The van der Waals surface area contributed by atoms with Crippen LogP contribution in [0.4, 0.5) is 5.00 Å². The number of thioether (sulfide) groups is 1. The zero-order valence-corrected chi connectivity index (χ0v) is 18.8. The number of nitrogens with one attached hydrogen (secondary N) is 1. The summed E-state index contributed by atoms with van der Waals surface area (Å²) in [5.74, 6) is 0.306. The molecule has 0 fully saturated rings. The minimum absolute atomic E-state index is 0.0431. The molecule has 0 radical (unpaired) electrons. The van der Waals surface area contributed by atoms with Gasteiger partial charge < -0.3 is 5.32 Å². The first-order chi connectivity index (χ1) is 13.3. The molecule has 0 bridgehead atoms. The van der Waals surface area contributed by atoms with Crippen molar-refractivity contribution in [1.82, 2.24) is 0 Å². The Bertz CT molecular complexity index is 916. The van der Waals surface area contributed by atoms with Crippen molar-refractivity contribution < 1.29 is 4.79 Å². The minimum atomic E-state index is -0.0431. The highest BCUT2D eigenvalue weighted by Crippen LogP contribution is 2.37. The molecule has 3 rings (SSSR count). The van der Waals surface area contributed by atoms with Crippen LogP contribution in [-0.4, -0.2) is 11.7 Å². The van der Waals surface area contributed by atoms with Gasteiger partial charge >= 0.3 is 0 Å². The number of nitriles is 1. The fraction of sp³-hybridized carbons (Fsp3) is 0.478. The van der Waals surface area contributed by atoms with Gasteiger partial charge in [-0.2, -0.15) is 5.26 Å². The van der Waals surface area contributed by atoms with Gasteiger partial charge in [0.05, 0.1) is 11.3 Å². The normalized spacial score (nSPS) is 14.1. The molecule has 2 aromatic rings. The second kappa shape index (κ2) is 8.71. The summed E-state index contributed by atoms with van der Waals surface area (Å²) >= 11 is 3.16. The molecule has 0 saturated heterocycles. The molecule has 148 valence electrons. The van der Waals surface area contributed by atoms with Gasteiger partial charge in [0.2, 0.25) is 5.91 Å². The molecule has 1 amide bonds. The van der Waals surface area contributed by atoms with Crippen LogP contribution in [0.15, 0.2) is 23.1 Å². The van der Waals surface area contributed by atoms with E-state index < -0.39 is 0 Å². The van der Waals surface area contributed by atoms with Gasteiger partial charge in [-0.3, -0.25) is 4.79 Å². The molecule has 1 N–H and O–H groups in total. The first kappa shape index (κ1) is 21.0. The maximum absolute atomic E-state index is 12.6. The molecule has 3 nitrogen and oxygen atoms in total. The van der Waals surface area contributed by atoms with Gasteiger partial charge in [0, 0.05) is 9.77 Å². The number of carbonyl (C=O) groups is 1. The number of amides is 1. The Balaban J connectivity index is 1.70. The lowest BCUT2D eigenvalue weighted by molar-refractivity contribution is -0.113. The van der Waals surface area contributed by atoms with Crippen molar-refractivity contribution in [3.63, 3.8) is 0 Å². The molecule has 1 heterocycles. The highest BCUT2D eigenvalue weighted by atomic mass is 32.2. The number of hydrogen-bond donors (Lipinski definition) is 1. The molecule has 1 aromatic carbocycles. The van der Waals surface area contributed by atoms with E-state index in [0.29, 0.717) is 11.3 Å². The quantitative estimate of drug-likeness (QED) is 0.479. The van der Waals surface area contributed by atoms with Crippen LogP contribution in [-0.2, 0) is 23.1 Å². The van der Waals surface area contributed by atoms with Crippen LogP contribution in [0.1, 0.15) is 67.2 Å². The highest BCUT2D eigenvalue weighted by molar-refractivity contribution is 8.00. The third-order valence-electron chi connectivity index (χ3n) is 5.20. The summed E-state index contributed by atoms with van der Waals surface area (Å²) in [7, 11) is 0. The number of rotatable bonds is 4. The van der Waals surface area contributed by atoms with E-state index in [1.54, 1.807) is 23.1 Å². The summed E-state index contributed by atoms with van der Waals surface area (Å²) in [5, 5.41) is 13.4. The van der Waals surface area contributed by atoms with E-state index in [-0.39, 0.29) is 11.3 Å². The second-order valence-electron chi connectivity index (χ2n) is 8.45. The summed E-state index contributed by atoms with van der Waals surface area (Å²) in [4.78, 5) is 15.0. The number of fused-ring (bicyclic) bond motifs is 1. The molecule has 0 saturated carbocycles. The van der Waals surface area contributed by atoms with Gasteiger partial charge in [0.25, 0.3) is 0 Å². The predicted molar refractivity (Wildman–Crippen MR) is 120 cm³/mol. The SMILES string of the molecule is Cc1ccc(C(C)(C)C)cc1SCC(=O)Nc1sc2c(c1C#N)CCCCC2. The molecule has 0 aliphatic heterocycles. The molecule has 28 heavy (non-hydrogen) atoms. The Hall–Kier alpha value is -1.77. The Morgan fingerprint density at radius 2 is 2.00 bits per heavy atom. The average Bonchev–Trinajstić information content (AvgIpc) is 2.79. The van der Waals surface area contributed by atoms with E-state index in [1.807, 2.05) is 0 Å². The third kappa shape index (κ3) is 4.79. The second-order valence-corrected chi connectivity index (χ2v) is 10.6. The topological polar surface area (TPSA) is 52.9 Å². The number of aryl methyl sites for hydroxylation is 2. The Kier molecular flexibility index (Phi) is 6.52. The number of hydrogen-bond acceptors (Lipinski definition) is 4. The summed E-state index contributed by atoms with van der Waals surface area (Å²) in [6.07, 6.45) is 5.50. The molecule has 0 spiro atoms. The van der Waals surface area contributed by atoms with E-state index in [0.717, 1.165) is 29.2 Å². The van der Waals surface area contributed by atoms with Crippen LogP contribution >= 0.6 is 23.1 Å². The van der Waals surface area contributed by atoms with Gasteiger partial charge in [0.15, 0.2) is 0 Å². The molecule has 5 heteroatoms. The van der Waals surface area contributed by atoms with Gasteiger partial charge in [-0.15, -0.1) is 23.1 Å². The van der Waals surface area contributed by atoms with Crippen molar-refractivity contribution in [1.29, 1.82) is 5.26 Å². The molecule has 1 aliphatic carbocycles. The Morgan fingerprint density at radius 3 is 2.71 bits per heavy atom. The highest BCUT2D eigenvalue weighted by Gasteiger charge is 2.21. The molecule has 0 unspecified atom stereocenters. The predicted octanol–water partition coefficient (Wildman–Crippen LogP) is 6.23. The Labute approximate surface area is 176 Å². The molecular weight excluding hydrogens is 384 g/mol. The third-order valence-corrected chi connectivity index (χ3v) is 7.56. The fourth-order valence-corrected chi connectivity index (χ4v) is 5.60. The molecular formula is C23H28N2OS2. The van der Waals surface area contributed by atoms with Crippen LogP contribution < -0.4 is 5.32 Å². The van der Waals surface area contributed by atoms with Crippen LogP contribution in [0, 0.1) is 18.3 Å². The van der Waals surface area contributed by atoms with E-state index >= 15 is 0 Å². The summed E-state index contributed by atoms with van der Waals surface area (Å²) < 4.78 is 0. The van der Waals surface area contributed by atoms with Gasteiger partial charge in [-0.1, -0.05) is 39.3 Å². The van der Waals surface area contributed by atoms with Crippen molar-refractivity contribution in [2.45, 2.75) is 70.1 Å². The Morgan fingerprint density at radius 1 is 1.25 bits per heavy atom. The van der Waals surface area contributed by atoms with E-state index in [9.17, 15) is 10.1 Å². The van der Waals surface area contributed by atoms with Crippen molar-refractivity contribution in [3.8, 4) is 6.07 Å². The number of benzene rings is 1. The van der Waals surface area contributed by atoms with E-state index in [4.69, 9.17) is 0 Å².